The van der Waals surface area contributed by atoms with Crippen molar-refractivity contribution in [2.75, 3.05) is 20.8 Å². The molecule has 6 nitrogen and oxygen atoms in total. The van der Waals surface area contributed by atoms with Crippen molar-refractivity contribution in [3.05, 3.63) is 105 Å². The summed E-state index contributed by atoms with van der Waals surface area (Å²) in [5.41, 5.74) is 2.48. The van der Waals surface area contributed by atoms with E-state index in [1.807, 2.05) is 48.5 Å². The van der Waals surface area contributed by atoms with Gasteiger partial charge in [0, 0.05) is 6.54 Å². The lowest BCUT2D eigenvalue weighted by Crippen LogP contribution is -2.31. The average Bonchev–Trinajstić information content (AvgIpc) is 3.15. The first-order chi connectivity index (χ1) is 16.1. The zero-order chi connectivity index (χ0) is 22.9. The van der Waals surface area contributed by atoms with E-state index in [4.69, 9.17) is 13.9 Å². The van der Waals surface area contributed by atoms with Crippen LogP contribution < -0.4 is 14.9 Å². The normalized spacial score (nSPS) is 15.0. The van der Waals surface area contributed by atoms with Crippen molar-refractivity contribution in [3.8, 4) is 11.5 Å². The molecule has 0 N–H and O–H groups in total. The summed E-state index contributed by atoms with van der Waals surface area (Å²) in [6.45, 7) is 0.424. The van der Waals surface area contributed by atoms with Crippen molar-refractivity contribution in [2.45, 2.75) is 12.5 Å². The van der Waals surface area contributed by atoms with E-state index in [9.17, 15) is 9.59 Å². The first-order valence-corrected chi connectivity index (χ1v) is 10.7. The Bertz CT molecular complexity index is 1390. The van der Waals surface area contributed by atoms with E-state index >= 15 is 0 Å². The Balaban J connectivity index is 1.60. The molecule has 4 aromatic rings. The lowest BCUT2D eigenvalue weighted by molar-refractivity contribution is 0.0730. The lowest BCUT2D eigenvalue weighted by atomic mass is 9.98. The van der Waals surface area contributed by atoms with Gasteiger partial charge in [0.1, 0.15) is 17.1 Å². The molecular weight excluding hydrogens is 418 g/mol. The molecule has 0 aliphatic carbocycles. The van der Waals surface area contributed by atoms with Gasteiger partial charge in [0.15, 0.2) is 5.43 Å². The third-order valence-corrected chi connectivity index (χ3v) is 6.08. The molecular formula is C27H23NO5. The third-order valence-electron chi connectivity index (χ3n) is 6.08. The number of benzene rings is 3. The summed E-state index contributed by atoms with van der Waals surface area (Å²) in [5, 5.41) is 0.467. The molecule has 166 valence electrons. The summed E-state index contributed by atoms with van der Waals surface area (Å²) < 4.78 is 16.6. The van der Waals surface area contributed by atoms with Crippen LogP contribution in [0.4, 0.5) is 0 Å². The van der Waals surface area contributed by atoms with E-state index in [0.717, 1.165) is 16.9 Å². The van der Waals surface area contributed by atoms with Crippen LogP contribution in [-0.2, 0) is 6.42 Å². The van der Waals surface area contributed by atoms with Crippen LogP contribution in [0.5, 0.6) is 11.5 Å². The maximum Gasteiger partial charge on any atom is 0.290 e. The molecule has 0 radical (unpaired) electrons. The Morgan fingerprint density at radius 1 is 0.879 bits per heavy atom. The monoisotopic (exact) mass is 441 g/mol. The molecule has 3 aromatic carbocycles. The van der Waals surface area contributed by atoms with Gasteiger partial charge in [-0.1, -0.05) is 36.4 Å². The standard InChI is InChI=1S/C27H23NO5/c1-31-19-12-10-17(11-13-19)14-15-28-24(18-6-5-7-20(16-18)32-2)23-25(29)21-8-3-4-9-22(21)33-26(23)27(28)30/h3-13,16,24H,14-15H2,1-2H3. The van der Waals surface area contributed by atoms with Gasteiger partial charge in [-0.2, -0.15) is 0 Å². The molecule has 1 unspecified atom stereocenters. The Hall–Kier alpha value is -4.06. The number of methoxy groups -OCH3 is 2. The summed E-state index contributed by atoms with van der Waals surface area (Å²) in [4.78, 5) is 28.7. The van der Waals surface area contributed by atoms with Crippen LogP contribution in [0, 0.1) is 0 Å². The molecule has 1 aromatic heterocycles. The average molecular weight is 441 g/mol. The summed E-state index contributed by atoms with van der Waals surface area (Å²) in [6.07, 6.45) is 0.623. The fourth-order valence-corrected chi connectivity index (χ4v) is 4.40. The molecule has 6 heteroatoms. The predicted octanol–water partition coefficient (Wildman–Crippen LogP) is 4.60. The minimum absolute atomic E-state index is 0.112. The minimum Gasteiger partial charge on any atom is -0.497 e. The molecule has 1 atom stereocenters. The largest absolute Gasteiger partial charge is 0.497 e. The highest BCUT2D eigenvalue weighted by Crippen LogP contribution is 2.39. The number of rotatable bonds is 6. The summed E-state index contributed by atoms with van der Waals surface area (Å²) in [6, 6.07) is 21.7. The number of carbonyl (C=O) groups is 1. The highest BCUT2D eigenvalue weighted by Gasteiger charge is 2.42. The van der Waals surface area contributed by atoms with E-state index in [-0.39, 0.29) is 17.1 Å². The van der Waals surface area contributed by atoms with Crippen LogP contribution in [0.25, 0.3) is 11.0 Å². The predicted molar refractivity (Wildman–Crippen MR) is 125 cm³/mol. The van der Waals surface area contributed by atoms with E-state index < -0.39 is 6.04 Å². The lowest BCUT2D eigenvalue weighted by Gasteiger charge is -2.25. The van der Waals surface area contributed by atoms with Gasteiger partial charge >= 0.3 is 0 Å². The SMILES string of the molecule is COc1ccc(CCN2C(=O)c3oc4ccccc4c(=O)c3C2c2cccc(OC)c2)cc1. The molecule has 0 spiro atoms. The summed E-state index contributed by atoms with van der Waals surface area (Å²) >= 11 is 0. The van der Waals surface area contributed by atoms with Crippen LogP contribution in [0.15, 0.2) is 82.0 Å². The first-order valence-electron chi connectivity index (χ1n) is 10.7. The number of ether oxygens (including phenoxy) is 2. The molecule has 0 saturated carbocycles. The Morgan fingerprint density at radius 2 is 1.64 bits per heavy atom. The van der Waals surface area contributed by atoms with Gasteiger partial charge in [0.2, 0.25) is 5.76 Å². The zero-order valence-corrected chi connectivity index (χ0v) is 18.4. The number of amides is 1. The quantitative estimate of drug-likeness (QED) is 0.438. The molecule has 0 saturated heterocycles. The molecule has 33 heavy (non-hydrogen) atoms. The van der Waals surface area contributed by atoms with Crippen LogP contribution in [0.1, 0.15) is 33.3 Å². The van der Waals surface area contributed by atoms with E-state index in [1.165, 1.54) is 0 Å². The number of fused-ring (bicyclic) bond motifs is 2. The molecule has 2 heterocycles. The highest BCUT2D eigenvalue weighted by atomic mass is 16.5. The van der Waals surface area contributed by atoms with Crippen molar-refractivity contribution < 1.29 is 18.7 Å². The maximum absolute atomic E-state index is 13.5. The van der Waals surface area contributed by atoms with Crippen molar-refractivity contribution >= 4 is 16.9 Å². The highest BCUT2D eigenvalue weighted by molar-refractivity contribution is 5.99. The molecule has 5 rings (SSSR count). The van der Waals surface area contributed by atoms with E-state index in [1.54, 1.807) is 43.4 Å². The number of nitrogens with zero attached hydrogens (tertiary/aromatic N) is 1. The second kappa shape index (κ2) is 8.47. The van der Waals surface area contributed by atoms with Gasteiger partial charge in [0.25, 0.3) is 5.91 Å². The maximum atomic E-state index is 13.5. The van der Waals surface area contributed by atoms with Crippen LogP contribution in [-0.4, -0.2) is 31.6 Å². The third kappa shape index (κ3) is 3.63. The zero-order valence-electron chi connectivity index (χ0n) is 18.4. The second-order valence-electron chi connectivity index (χ2n) is 7.95. The fourth-order valence-electron chi connectivity index (χ4n) is 4.40. The van der Waals surface area contributed by atoms with E-state index in [2.05, 4.69) is 0 Å². The van der Waals surface area contributed by atoms with Crippen molar-refractivity contribution in [2.24, 2.45) is 0 Å². The fraction of sp³-hybridized carbons (Fsp3) is 0.185. The smallest absolute Gasteiger partial charge is 0.290 e. The minimum atomic E-state index is -0.554. The van der Waals surface area contributed by atoms with Crippen LogP contribution in [0.2, 0.25) is 0 Å². The molecule has 0 fully saturated rings. The second-order valence-corrected chi connectivity index (χ2v) is 7.95. The van der Waals surface area contributed by atoms with Crippen LogP contribution >= 0.6 is 0 Å². The molecule has 1 aliphatic rings. The van der Waals surface area contributed by atoms with Gasteiger partial charge in [-0.15, -0.1) is 0 Å². The number of para-hydroxylation sites is 1. The van der Waals surface area contributed by atoms with Gasteiger partial charge in [0.05, 0.1) is 31.2 Å². The van der Waals surface area contributed by atoms with Gasteiger partial charge < -0.3 is 18.8 Å². The van der Waals surface area contributed by atoms with Crippen molar-refractivity contribution in [1.29, 1.82) is 0 Å². The number of hydrogen-bond donors (Lipinski definition) is 0. The summed E-state index contributed by atoms with van der Waals surface area (Å²) in [7, 11) is 3.22. The van der Waals surface area contributed by atoms with Gasteiger partial charge in [-0.3, -0.25) is 9.59 Å². The first kappa shape index (κ1) is 20.8. The van der Waals surface area contributed by atoms with Gasteiger partial charge in [-0.05, 0) is 53.9 Å². The number of carbonyl (C=O) groups excluding carboxylic acids is 1. The Morgan fingerprint density at radius 3 is 2.39 bits per heavy atom. The topological polar surface area (TPSA) is 69.0 Å². The molecule has 1 amide bonds. The summed E-state index contributed by atoms with van der Waals surface area (Å²) in [5.74, 6) is 1.27. The molecule has 0 bridgehead atoms. The van der Waals surface area contributed by atoms with Crippen molar-refractivity contribution in [1.82, 2.24) is 4.90 Å². The Labute approximate surface area is 191 Å². The van der Waals surface area contributed by atoms with Crippen LogP contribution in [0.3, 0.4) is 0 Å². The number of hydrogen-bond acceptors (Lipinski definition) is 5. The van der Waals surface area contributed by atoms with Crippen molar-refractivity contribution in [3.63, 3.8) is 0 Å². The Kier molecular flexibility index (Phi) is 5.34. The van der Waals surface area contributed by atoms with E-state index in [0.29, 0.717) is 35.2 Å². The van der Waals surface area contributed by atoms with Gasteiger partial charge in [-0.25, -0.2) is 0 Å². The molecule has 1 aliphatic heterocycles.